The van der Waals surface area contributed by atoms with Gasteiger partial charge in [0.05, 0.1) is 17.1 Å². The maximum absolute atomic E-state index is 14.4. The van der Waals surface area contributed by atoms with Gasteiger partial charge in [0.15, 0.2) is 23.1 Å². The van der Waals surface area contributed by atoms with Crippen LogP contribution in [-0.2, 0) is 51.2 Å². The molecule has 69 heavy (non-hydrogen) atoms. The maximum atomic E-state index is 14.4. The van der Waals surface area contributed by atoms with Crippen molar-refractivity contribution in [3.63, 3.8) is 0 Å². The van der Waals surface area contributed by atoms with E-state index in [1.807, 2.05) is 42.5 Å². The standard InChI is InChI=1S/C54H68N6O9/c1-32(27-43(62)51(4,5)55)46(65)58-54(10,11)50(69)57-42(30-36-23-24-37-17-15-16-20-40(37)29-36)48(67)60-52(6,7)44(63)31-41(47(66)59-53(8,9)49(68)56-33(2)34(3)61)28-35-21-25-39(26-22-35)45(64)38-18-13-12-14-19-38/h12-26,29,32-33,41-42H,27-28,30-31,55H2,1-11H3,(H,56,68)(H,57,69)(H,58,65)(H,59,66)(H,60,67). The van der Waals surface area contributed by atoms with Crippen molar-refractivity contribution in [1.82, 2.24) is 26.6 Å². The molecule has 4 rings (SSSR count). The van der Waals surface area contributed by atoms with Gasteiger partial charge in [-0.1, -0.05) is 104 Å². The number of nitrogens with two attached hydrogens (primary N) is 1. The molecule has 5 amide bonds. The summed E-state index contributed by atoms with van der Waals surface area (Å²) >= 11 is 0. The summed E-state index contributed by atoms with van der Waals surface area (Å²) in [5, 5.41) is 15.5. The van der Waals surface area contributed by atoms with Crippen LogP contribution in [0.15, 0.2) is 97.1 Å². The predicted octanol–water partition coefficient (Wildman–Crippen LogP) is 5.03. The van der Waals surface area contributed by atoms with Crippen LogP contribution in [0.2, 0.25) is 0 Å². The minimum Gasteiger partial charge on any atom is -0.345 e. The number of carbonyl (C=O) groups is 9. The van der Waals surface area contributed by atoms with Crippen molar-refractivity contribution in [3.05, 3.63) is 119 Å². The van der Waals surface area contributed by atoms with Crippen LogP contribution >= 0.6 is 0 Å². The molecule has 7 N–H and O–H groups in total. The highest BCUT2D eigenvalue weighted by Gasteiger charge is 2.40. The molecule has 0 spiro atoms. The Morgan fingerprint density at radius 2 is 1.03 bits per heavy atom. The Labute approximate surface area is 404 Å². The summed E-state index contributed by atoms with van der Waals surface area (Å²) in [6.45, 7) is 16.3. The third-order valence-corrected chi connectivity index (χ3v) is 12.2. The van der Waals surface area contributed by atoms with Crippen LogP contribution in [-0.4, -0.2) is 86.9 Å². The molecule has 4 aromatic carbocycles. The van der Waals surface area contributed by atoms with E-state index in [4.69, 9.17) is 5.73 Å². The van der Waals surface area contributed by atoms with Gasteiger partial charge >= 0.3 is 0 Å². The zero-order chi connectivity index (χ0) is 51.6. The molecule has 368 valence electrons. The Morgan fingerprint density at radius 3 is 1.61 bits per heavy atom. The Balaban J connectivity index is 1.61. The van der Waals surface area contributed by atoms with Gasteiger partial charge in [-0.25, -0.2) is 0 Å². The first kappa shape index (κ1) is 54.7. The highest BCUT2D eigenvalue weighted by atomic mass is 16.2. The van der Waals surface area contributed by atoms with E-state index in [2.05, 4.69) is 26.6 Å². The summed E-state index contributed by atoms with van der Waals surface area (Å²) in [6.07, 6.45) is -0.573. The van der Waals surface area contributed by atoms with E-state index in [0.29, 0.717) is 22.3 Å². The van der Waals surface area contributed by atoms with E-state index in [0.717, 1.165) is 10.8 Å². The fraction of sp³-hybridized carbons (Fsp3) is 0.426. The number of carbonyl (C=O) groups excluding carboxylic acids is 9. The molecule has 0 saturated carbocycles. The van der Waals surface area contributed by atoms with Crippen LogP contribution in [0, 0.1) is 11.8 Å². The lowest BCUT2D eigenvalue weighted by atomic mass is 9.85. The molecule has 0 fully saturated rings. The number of benzene rings is 4. The zero-order valence-electron chi connectivity index (χ0n) is 41.6. The smallest absolute Gasteiger partial charge is 0.245 e. The van der Waals surface area contributed by atoms with E-state index in [1.54, 1.807) is 75.4 Å². The van der Waals surface area contributed by atoms with Gasteiger partial charge < -0.3 is 32.3 Å². The second-order valence-electron chi connectivity index (χ2n) is 20.2. The Morgan fingerprint density at radius 1 is 0.522 bits per heavy atom. The number of amides is 5. The van der Waals surface area contributed by atoms with Crippen molar-refractivity contribution in [3.8, 4) is 0 Å². The summed E-state index contributed by atoms with van der Waals surface area (Å²) in [5.74, 6) is -6.55. The zero-order valence-corrected chi connectivity index (χ0v) is 41.6. The fourth-order valence-electron chi connectivity index (χ4n) is 7.25. The van der Waals surface area contributed by atoms with E-state index in [9.17, 15) is 43.2 Å². The van der Waals surface area contributed by atoms with E-state index < -0.39 is 87.8 Å². The maximum Gasteiger partial charge on any atom is 0.245 e. The first-order valence-electron chi connectivity index (χ1n) is 23.1. The van der Waals surface area contributed by atoms with Crippen molar-refractivity contribution in [1.29, 1.82) is 0 Å². The molecule has 0 aliphatic heterocycles. The number of fused-ring (bicyclic) bond motifs is 1. The predicted molar refractivity (Wildman–Crippen MR) is 265 cm³/mol. The van der Waals surface area contributed by atoms with Crippen LogP contribution in [0.1, 0.15) is 116 Å². The van der Waals surface area contributed by atoms with Crippen LogP contribution in [0.25, 0.3) is 10.8 Å². The minimum absolute atomic E-state index is 0.00116. The lowest BCUT2D eigenvalue weighted by Gasteiger charge is -2.32. The number of nitrogens with one attached hydrogen (secondary N) is 5. The van der Waals surface area contributed by atoms with E-state index >= 15 is 0 Å². The second-order valence-corrected chi connectivity index (χ2v) is 20.2. The molecule has 0 aliphatic rings. The highest BCUT2D eigenvalue weighted by molar-refractivity contribution is 6.09. The van der Waals surface area contributed by atoms with Crippen molar-refractivity contribution < 1.29 is 43.2 Å². The lowest BCUT2D eigenvalue weighted by Crippen LogP contribution is -2.62. The van der Waals surface area contributed by atoms with Crippen molar-refractivity contribution in [2.24, 2.45) is 17.6 Å². The van der Waals surface area contributed by atoms with Crippen molar-refractivity contribution in [2.75, 3.05) is 0 Å². The molecule has 15 heteroatoms. The SMILES string of the molecule is CC(=O)C(C)NC(=O)C(C)(C)NC(=O)C(CC(=O)C(C)(C)NC(=O)C(Cc1ccc2ccccc2c1)NC(=O)C(C)(C)NC(=O)C(C)CC(=O)C(C)(C)N)Cc1ccc(C(=O)c2ccccc2)cc1. The van der Waals surface area contributed by atoms with Crippen LogP contribution in [0.3, 0.4) is 0 Å². The summed E-state index contributed by atoms with van der Waals surface area (Å²) in [7, 11) is 0. The molecule has 4 aromatic rings. The number of hydrogen-bond donors (Lipinski definition) is 6. The van der Waals surface area contributed by atoms with Gasteiger partial charge in [0.25, 0.3) is 0 Å². The summed E-state index contributed by atoms with van der Waals surface area (Å²) in [4.78, 5) is 121. The number of rotatable bonds is 23. The van der Waals surface area contributed by atoms with E-state index in [1.165, 1.54) is 55.4 Å². The first-order valence-corrected chi connectivity index (χ1v) is 23.1. The molecule has 4 atom stereocenters. The second kappa shape index (κ2) is 22.5. The molecule has 4 unspecified atom stereocenters. The van der Waals surface area contributed by atoms with Gasteiger partial charge in [-0.15, -0.1) is 0 Å². The normalized spacial score (nSPS) is 13.7. The van der Waals surface area contributed by atoms with Crippen LogP contribution in [0.5, 0.6) is 0 Å². The third kappa shape index (κ3) is 15.3. The first-order chi connectivity index (χ1) is 32.0. The van der Waals surface area contributed by atoms with Crippen LogP contribution < -0.4 is 32.3 Å². The fourth-order valence-corrected chi connectivity index (χ4v) is 7.25. The molecular weight excluding hydrogens is 877 g/mol. The average molecular weight is 945 g/mol. The van der Waals surface area contributed by atoms with Gasteiger partial charge in [-0.05, 0) is 97.6 Å². The van der Waals surface area contributed by atoms with Gasteiger partial charge in [0.2, 0.25) is 29.5 Å². The molecular formula is C54H68N6O9. The van der Waals surface area contributed by atoms with Gasteiger partial charge in [0.1, 0.15) is 17.1 Å². The quantitative estimate of drug-likeness (QED) is 0.0543. The summed E-state index contributed by atoms with van der Waals surface area (Å²) in [5.41, 5.74) is 2.28. The van der Waals surface area contributed by atoms with Gasteiger partial charge in [-0.2, -0.15) is 0 Å². The van der Waals surface area contributed by atoms with Gasteiger partial charge in [-0.3, -0.25) is 43.2 Å². The van der Waals surface area contributed by atoms with Crippen molar-refractivity contribution in [2.45, 2.75) is 136 Å². The van der Waals surface area contributed by atoms with Crippen LogP contribution in [0.4, 0.5) is 0 Å². The average Bonchev–Trinajstić information content (AvgIpc) is 3.27. The van der Waals surface area contributed by atoms with E-state index in [-0.39, 0.29) is 36.6 Å². The minimum atomic E-state index is -1.62. The molecule has 0 saturated heterocycles. The summed E-state index contributed by atoms with van der Waals surface area (Å²) in [6, 6.07) is 26.5. The highest BCUT2D eigenvalue weighted by Crippen LogP contribution is 2.23. The monoisotopic (exact) mass is 945 g/mol. The number of ketones is 4. The van der Waals surface area contributed by atoms with Crippen molar-refractivity contribution >= 4 is 63.4 Å². The molecule has 0 bridgehead atoms. The lowest BCUT2D eigenvalue weighted by molar-refractivity contribution is -0.139. The number of hydrogen-bond acceptors (Lipinski definition) is 10. The Bertz CT molecular complexity index is 2580. The topological polar surface area (TPSA) is 240 Å². The number of Topliss-reactive ketones (excluding diaryl/α,β-unsaturated/α-hetero) is 3. The molecule has 0 radical (unpaired) electrons. The molecule has 0 aliphatic carbocycles. The Kier molecular flexibility index (Phi) is 17.8. The van der Waals surface area contributed by atoms with Gasteiger partial charge in [0, 0.05) is 42.2 Å². The molecule has 15 nitrogen and oxygen atoms in total. The summed E-state index contributed by atoms with van der Waals surface area (Å²) < 4.78 is 0. The molecule has 0 aromatic heterocycles. The largest absolute Gasteiger partial charge is 0.345 e. The Hall–Kier alpha value is -6.87. The third-order valence-electron chi connectivity index (χ3n) is 12.2. The molecule has 0 heterocycles.